The smallest absolute Gasteiger partial charge is 0.317 e. The van der Waals surface area contributed by atoms with Crippen LogP contribution in [0.25, 0.3) is 0 Å². The molecule has 0 aromatic heterocycles. The summed E-state index contributed by atoms with van der Waals surface area (Å²) >= 11 is 0. The number of hydrogen-bond donors (Lipinski definition) is 2. The fourth-order valence-corrected chi connectivity index (χ4v) is 3.89. The van der Waals surface area contributed by atoms with E-state index in [2.05, 4.69) is 41.8 Å². The molecule has 2 aromatic carbocycles. The van der Waals surface area contributed by atoms with Crippen molar-refractivity contribution in [3.63, 3.8) is 0 Å². The zero-order chi connectivity index (χ0) is 21.7. The summed E-state index contributed by atoms with van der Waals surface area (Å²) in [5.41, 5.74) is 2.92. The number of para-hydroxylation sites is 1. The Morgan fingerprint density at radius 1 is 1.00 bits per heavy atom. The van der Waals surface area contributed by atoms with Crippen LogP contribution in [0.2, 0.25) is 0 Å². The molecule has 1 aliphatic heterocycles. The van der Waals surface area contributed by atoms with E-state index in [1.807, 2.05) is 51.1 Å². The molecule has 0 saturated carbocycles. The van der Waals surface area contributed by atoms with Gasteiger partial charge in [-0.3, -0.25) is 4.79 Å². The molecule has 0 spiro atoms. The number of anilines is 1. The van der Waals surface area contributed by atoms with E-state index in [0.29, 0.717) is 13.1 Å². The van der Waals surface area contributed by atoms with Crippen LogP contribution in [0.4, 0.5) is 10.5 Å². The molecule has 160 valence electrons. The molecular formula is C25H33N3O2. The van der Waals surface area contributed by atoms with Crippen LogP contribution in [0.1, 0.15) is 51.2 Å². The van der Waals surface area contributed by atoms with Gasteiger partial charge in [-0.1, -0.05) is 49.4 Å². The van der Waals surface area contributed by atoms with E-state index in [0.717, 1.165) is 18.5 Å². The number of aryl methyl sites for hydroxylation is 1. The molecule has 5 nitrogen and oxygen atoms in total. The lowest BCUT2D eigenvalue weighted by atomic mass is 9.83. The van der Waals surface area contributed by atoms with E-state index in [4.69, 9.17) is 0 Å². The van der Waals surface area contributed by atoms with Gasteiger partial charge >= 0.3 is 6.03 Å². The van der Waals surface area contributed by atoms with E-state index >= 15 is 0 Å². The van der Waals surface area contributed by atoms with Crippen molar-refractivity contribution in [1.82, 2.24) is 10.2 Å². The fraction of sp³-hybridized carbons (Fsp3) is 0.440. The van der Waals surface area contributed by atoms with Crippen molar-refractivity contribution in [2.45, 2.75) is 52.0 Å². The summed E-state index contributed by atoms with van der Waals surface area (Å²) in [7, 11) is 0. The quantitative estimate of drug-likeness (QED) is 0.765. The number of nitrogens with zero attached hydrogens (tertiary/aromatic N) is 1. The minimum absolute atomic E-state index is 0.0374. The Labute approximate surface area is 179 Å². The number of carbonyl (C=O) groups is 2. The monoisotopic (exact) mass is 407 g/mol. The van der Waals surface area contributed by atoms with Gasteiger partial charge in [-0.25, -0.2) is 4.79 Å². The molecular weight excluding hydrogens is 374 g/mol. The second kappa shape index (κ2) is 9.33. The van der Waals surface area contributed by atoms with E-state index in [9.17, 15) is 9.59 Å². The topological polar surface area (TPSA) is 61.4 Å². The van der Waals surface area contributed by atoms with Crippen LogP contribution in [0.3, 0.4) is 0 Å². The Balaban J connectivity index is 1.80. The first kappa shape index (κ1) is 21.9. The van der Waals surface area contributed by atoms with Crippen LogP contribution in [0, 0.1) is 5.92 Å². The van der Waals surface area contributed by atoms with Gasteiger partial charge in [0.25, 0.3) is 0 Å². The Morgan fingerprint density at radius 3 is 2.27 bits per heavy atom. The minimum Gasteiger partial charge on any atom is -0.333 e. The molecule has 2 unspecified atom stereocenters. The predicted octanol–water partition coefficient (Wildman–Crippen LogP) is 4.80. The summed E-state index contributed by atoms with van der Waals surface area (Å²) in [6.45, 7) is 9.07. The number of urea groups is 1. The highest BCUT2D eigenvalue weighted by Gasteiger charge is 2.35. The average Bonchev–Trinajstić information content (AvgIpc) is 2.73. The molecule has 0 radical (unpaired) electrons. The molecule has 1 fully saturated rings. The van der Waals surface area contributed by atoms with Crippen LogP contribution in [-0.2, 0) is 11.2 Å². The molecule has 1 aliphatic rings. The molecule has 5 heteroatoms. The number of likely N-dealkylation sites (tertiary alicyclic amines) is 1. The Hall–Kier alpha value is -2.82. The molecule has 1 heterocycles. The van der Waals surface area contributed by atoms with Crippen molar-refractivity contribution in [2.24, 2.45) is 5.92 Å². The number of hydrogen-bond acceptors (Lipinski definition) is 2. The van der Waals surface area contributed by atoms with Crippen LogP contribution >= 0.6 is 0 Å². The van der Waals surface area contributed by atoms with Crippen molar-refractivity contribution < 1.29 is 9.59 Å². The first-order valence-corrected chi connectivity index (χ1v) is 10.8. The SMILES string of the molecule is CCc1ccc(C2CC(C(=O)Nc3ccccc3)CN(C(=O)NC(C)(C)C)C2)cc1. The van der Waals surface area contributed by atoms with E-state index in [1.54, 1.807) is 4.90 Å². The molecule has 0 bridgehead atoms. The summed E-state index contributed by atoms with van der Waals surface area (Å²) in [5.74, 6) is -0.174. The summed E-state index contributed by atoms with van der Waals surface area (Å²) in [6.07, 6.45) is 1.72. The Kier molecular flexibility index (Phi) is 6.80. The van der Waals surface area contributed by atoms with E-state index in [1.165, 1.54) is 11.1 Å². The largest absolute Gasteiger partial charge is 0.333 e. The van der Waals surface area contributed by atoms with Gasteiger partial charge < -0.3 is 15.5 Å². The second-order valence-electron chi connectivity index (χ2n) is 9.17. The zero-order valence-corrected chi connectivity index (χ0v) is 18.4. The highest BCUT2D eigenvalue weighted by molar-refractivity contribution is 5.93. The Morgan fingerprint density at radius 2 is 1.67 bits per heavy atom. The van der Waals surface area contributed by atoms with Crippen molar-refractivity contribution in [3.05, 3.63) is 65.7 Å². The molecule has 0 aliphatic carbocycles. The molecule has 2 atom stereocenters. The molecule has 2 aromatic rings. The van der Waals surface area contributed by atoms with Crippen molar-refractivity contribution >= 4 is 17.6 Å². The first-order chi connectivity index (χ1) is 14.2. The second-order valence-corrected chi connectivity index (χ2v) is 9.17. The molecule has 2 N–H and O–H groups in total. The number of amides is 3. The average molecular weight is 408 g/mol. The third kappa shape index (κ3) is 5.85. The molecule has 30 heavy (non-hydrogen) atoms. The lowest BCUT2D eigenvalue weighted by Crippen LogP contribution is -2.54. The number of piperidine rings is 1. The standard InChI is InChI=1S/C25H33N3O2/c1-5-18-11-13-19(14-12-18)20-15-21(23(29)26-22-9-7-6-8-10-22)17-28(16-20)24(30)27-25(2,3)4/h6-14,20-21H,5,15-17H2,1-4H3,(H,26,29)(H,27,30). The highest BCUT2D eigenvalue weighted by Crippen LogP contribution is 2.31. The predicted molar refractivity (Wildman–Crippen MR) is 122 cm³/mol. The first-order valence-electron chi connectivity index (χ1n) is 10.8. The van der Waals surface area contributed by atoms with Crippen LogP contribution < -0.4 is 10.6 Å². The Bertz CT molecular complexity index is 856. The van der Waals surface area contributed by atoms with E-state index < -0.39 is 0 Å². The lowest BCUT2D eigenvalue weighted by molar-refractivity contribution is -0.121. The summed E-state index contributed by atoms with van der Waals surface area (Å²) in [6, 6.07) is 17.9. The molecule has 3 rings (SSSR count). The fourth-order valence-electron chi connectivity index (χ4n) is 3.89. The maximum atomic E-state index is 13.0. The van der Waals surface area contributed by atoms with Crippen LogP contribution in [-0.4, -0.2) is 35.5 Å². The number of rotatable bonds is 4. The van der Waals surface area contributed by atoms with Gasteiger partial charge in [0, 0.05) is 30.2 Å². The normalized spacial score (nSPS) is 19.3. The van der Waals surface area contributed by atoms with Gasteiger partial charge in [-0.2, -0.15) is 0 Å². The van der Waals surface area contributed by atoms with Gasteiger partial charge in [0.15, 0.2) is 0 Å². The maximum Gasteiger partial charge on any atom is 0.317 e. The lowest BCUT2D eigenvalue weighted by Gasteiger charge is -2.38. The molecule has 3 amide bonds. The molecule has 1 saturated heterocycles. The summed E-state index contributed by atoms with van der Waals surface area (Å²) in [4.78, 5) is 27.7. The van der Waals surface area contributed by atoms with Crippen molar-refractivity contribution in [3.8, 4) is 0 Å². The third-order valence-corrected chi connectivity index (χ3v) is 5.49. The van der Waals surface area contributed by atoms with Gasteiger partial charge in [0.05, 0.1) is 5.92 Å². The van der Waals surface area contributed by atoms with Crippen LogP contribution in [0.15, 0.2) is 54.6 Å². The third-order valence-electron chi connectivity index (χ3n) is 5.49. The van der Waals surface area contributed by atoms with Crippen molar-refractivity contribution in [2.75, 3.05) is 18.4 Å². The van der Waals surface area contributed by atoms with E-state index in [-0.39, 0.29) is 29.3 Å². The highest BCUT2D eigenvalue weighted by atomic mass is 16.2. The summed E-state index contributed by atoms with van der Waals surface area (Å²) in [5, 5.41) is 6.06. The number of carbonyl (C=O) groups excluding carboxylic acids is 2. The van der Waals surface area contributed by atoms with Gasteiger partial charge in [0.2, 0.25) is 5.91 Å². The maximum absolute atomic E-state index is 13.0. The minimum atomic E-state index is -0.325. The van der Waals surface area contributed by atoms with Gasteiger partial charge in [-0.15, -0.1) is 0 Å². The van der Waals surface area contributed by atoms with Gasteiger partial charge in [0.1, 0.15) is 0 Å². The van der Waals surface area contributed by atoms with Gasteiger partial charge in [-0.05, 0) is 56.9 Å². The summed E-state index contributed by atoms with van der Waals surface area (Å²) < 4.78 is 0. The number of benzene rings is 2. The number of nitrogens with one attached hydrogen (secondary N) is 2. The van der Waals surface area contributed by atoms with Crippen molar-refractivity contribution in [1.29, 1.82) is 0 Å². The van der Waals surface area contributed by atoms with Crippen LogP contribution in [0.5, 0.6) is 0 Å². The zero-order valence-electron chi connectivity index (χ0n) is 18.4.